The third-order valence-corrected chi connectivity index (χ3v) is 3.88. The van der Waals surface area contributed by atoms with Gasteiger partial charge in [0, 0.05) is 19.7 Å². The highest BCUT2D eigenvalue weighted by Gasteiger charge is 2.22. The van der Waals surface area contributed by atoms with Crippen LogP contribution in [0.5, 0.6) is 0 Å². The average molecular weight is 270 g/mol. The molecule has 5 heteroatoms. The second-order valence-corrected chi connectivity index (χ2v) is 5.39. The summed E-state index contributed by atoms with van der Waals surface area (Å²) in [4.78, 5) is 14.0. The Kier molecular flexibility index (Phi) is 6.07. The first-order valence-electron chi connectivity index (χ1n) is 7.49. The molecule has 2 rings (SSSR count). The summed E-state index contributed by atoms with van der Waals surface area (Å²) in [6.45, 7) is 6.45. The maximum absolute atomic E-state index is 12.2. The molecular formula is C14H26N2O3. The SMILES string of the molecule is CC(NCCC1CCCCO1)C(=O)N1CCOCC1. The van der Waals surface area contributed by atoms with E-state index in [-0.39, 0.29) is 11.9 Å². The molecule has 2 unspecified atom stereocenters. The highest BCUT2D eigenvalue weighted by atomic mass is 16.5. The maximum Gasteiger partial charge on any atom is 0.239 e. The summed E-state index contributed by atoms with van der Waals surface area (Å²) < 4.78 is 10.9. The molecule has 0 saturated carbocycles. The van der Waals surface area contributed by atoms with Gasteiger partial charge in [0.2, 0.25) is 5.91 Å². The first kappa shape index (κ1) is 14.8. The highest BCUT2D eigenvalue weighted by Crippen LogP contribution is 2.14. The number of rotatable bonds is 5. The Bertz CT molecular complexity index is 274. The van der Waals surface area contributed by atoms with Gasteiger partial charge >= 0.3 is 0 Å². The molecule has 110 valence electrons. The van der Waals surface area contributed by atoms with E-state index in [4.69, 9.17) is 9.47 Å². The molecular weight excluding hydrogens is 244 g/mol. The van der Waals surface area contributed by atoms with Crippen LogP contribution in [0.2, 0.25) is 0 Å². The Morgan fingerprint density at radius 1 is 1.32 bits per heavy atom. The molecule has 2 aliphatic rings. The third-order valence-electron chi connectivity index (χ3n) is 3.88. The quantitative estimate of drug-likeness (QED) is 0.802. The summed E-state index contributed by atoms with van der Waals surface area (Å²) in [6.07, 6.45) is 5.00. The summed E-state index contributed by atoms with van der Waals surface area (Å²) >= 11 is 0. The lowest BCUT2D eigenvalue weighted by atomic mass is 10.1. The zero-order chi connectivity index (χ0) is 13.5. The molecule has 19 heavy (non-hydrogen) atoms. The normalized spacial score (nSPS) is 26.2. The van der Waals surface area contributed by atoms with Crippen molar-refractivity contribution in [2.24, 2.45) is 0 Å². The Hall–Kier alpha value is -0.650. The lowest BCUT2D eigenvalue weighted by molar-refractivity contribution is -0.137. The first-order chi connectivity index (χ1) is 9.27. The van der Waals surface area contributed by atoms with Gasteiger partial charge in [-0.15, -0.1) is 0 Å². The fraction of sp³-hybridized carbons (Fsp3) is 0.929. The molecule has 0 radical (unpaired) electrons. The fourth-order valence-electron chi connectivity index (χ4n) is 2.64. The van der Waals surface area contributed by atoms with Crippen LogP contribution in [0.1, 0.15) is 32.6 Å². The minimum atomic E-state index is -0.110. The zero-order valence-corrected chi connectivity index (χ0v) is 11.9. The van der Waals surface area contributed by atoms with Crippen LogP contribution in [0.15, 0.2) is 0 Å². The maximum atomic E-state index is 12.2. The van der Waals surface area contributed by atoms with Crippen LogP contribution < -0.4 is 5.32 Å². The van der Waals surface area contributed by atoms with Crippen LogP contribution in [0, 0.1) is 0 Å². The average Bonchev–Trinajstić information content (AvgIpc) is 2.48. The Balaban J connectivity index is 1.62. The number of carbonyl (C=O) groups is 1. The minimum absolute atomic E-state index is 0.110. The van der Waals surface area contributed by atoms with Crippen LogP contribution in [0.3, 0.4) is 0 Å². The van der Waals surface area contributed by atoms with Crippen molar-refractivity contribution in [3.05, 3.63) is 0 Å². The summed E-state index contributed by atoms with van der Waals surface area (Å²) in [5.41, 5.74) is 0. The largest absolute Gasteiger partial charge is 0.378 e. The molecule has 1 N–H and O–H groups in total. The summed E-state index contributed by atoms with van der Waals surface area (Å²) in [6, 6.07) is -0.110. The molecule has 1 amide bonds. The number of hydrogen-bond donors (Lipinski definition) is 1. The van der Waals surface area contributed by atoms with Crippen molar-refractivity contribution in [1.29, 1.82) is 0 Å². The van der Waals surface area contributed by atoms with Crippen molar-refractivity contribution in [1.82, 2.24) is 10.2 Å². The van der Waals surface area contributed by atoms with Gasteiger partial charge in [0.05, 0.1) is 25.4 Å². The van der Waals surface area contributed by atoms with E-state index >= 15 is 0 Å². The predicted octanol–water partition coefficient (Wildman–Crippen LogP) is 0.783. The molecule has 2 saturated heterocycles. The van der Waals surface area contributed by atoms with Crippen molar-refractivity contribution in [3.63, 3.8) is 0 Å². The van der Waals surface area contributed by atoms with E-state index in [0.717, 1.165) is 39.1 Å². The van der Waals surface area contributed by atoms with E-state index in [0.29, 0.717) is 19.3 Å². The molecule has 2 fully saturated rings. The molecule has 5 nitrogen and oxygen atoms in total. The van der Waals surface area contributed by atoms with Gasteiger partial charge in [0.1, 0.15) is 0 Å². The molecule has 2 aliphatic heterocycles. The van der Waals surface area contributed by atoms with Crippen LogP contribution in [0.4, 0.5) is 0 Å². The monoisotopic (exact) mass is 270 g/mol. The lowest BCUT2D eigenvalue weighted by Crippen LogP contribution is -2.49. The van der Waals surface area contributed by atoms with E-state index in [1.54, 1.807) is 0 Å². The lowest BCUT2D eigenvalue weighted by Gasteiger charge is -2.30. The van der Waals surface area contributed by atoms with Crippen LogP contribution >= 0.6 is 0 Å². The Labute approximate surface area is 115 Å². The van der Waals surface area contributed by atoms with Crippen LogP contribution in [-0.4, -0.2) is 62.4 Å². The number of nitrogens with one attached hydrogen (secondary N) is 1. The Morgan fingerprint density at radius 3 is 2.79 bits per heavy atom. The van der Waals surface area contributed by atoms with E-state index in [1.807, 2.05) is 11.8 Å². The van der Waals surface area contributed by atoms with Gasteiger partial charge in [0.15, 0.2) is 0 Å². The number of hydrogen-bond acceptors (Lipinski definition) is 4. The standard InChI is InChI=1S/C14H26N2O3/c1-12(14(17)16-7-10-18-11-8-16)15-6-5-13-4-2-3-9-19-13/h12-13,15H,2-11H2,1H3. The Morgan fingerprint density at radius 2 is 2.11 bits per heavy atom. The highest BCUT2D eigenvalue weighted by molar-refractivity contribution is 5.81. The van der Waals surface area contributed by atoms with Crippen molar-refractivity contribution >= 4 is 5.91 Å². The topological polar surface area (TPSA) is 50.8 Å². The van der Waals surface area contributed by atoms with Gasteiger partial charge in [-0.25, -0.2) is 0 Å². The summed E-state index contributed by atoms with van der Waals surface area (Å²) in [5.74, 6) is 0.188. The van der Waals surface area contributed by atoms with Crippen molar-refractivity contribution in [2.45, 2.75) is 44.8 Å². The molecule has 0 aromatic carbocycles. The van der Waals surface area contributed by atoms with Crippen molar-refractivity contribution in [3.8, 4) is 0 Å². The number of nitrogens with zero attached hydrogens (tertiary/aromatic N) is 1. The third kappa shape index (κ3) is 4.75. The van der Waals surface area contributed by atoms with Crippen molar-refractivity contribution < 1.29 is 14.3 Å². The number of morpholine rings is 1. The molecule has 0 aliphatic carbocycles. The van der Waals surface area contributed by atoms with E-state index in [1.165, 1.54) is 12.8 Å². The second-order valence-electron chi connectivity index (χ2n) is 5.39. The van der Waals surface area contributed by atoms with Crippen LogP contribution in [0.25, 0.3) is 0 Å². The van der Waals surface area contributed by atoms with Crippen LogP contribution in [-0.2, 0) is 14.3 Å². The second kappa shape index (κ2) is 7.82. The van der Waals surface area contributed by atoms with Gasteiger partial charge in [-0.3, -0.25) is 4.79 Å². The molecule has 2 heterocycles. The van der Waals surface area contributed by atoms with Gasteiger partial charge in [-0.1, -0.05) is 0 Å². The molecule has 0 aromatic heterocycles. The fourth-order valence-corrected chi connectivity index (χ4v) is 2.64. The smallest absolute Gasteiger partial charge is 0.239 e. The van der Waals surface area contributed by atoms with Crippen molar-refractivity contribution in [2.75, 3.05) is 39.5 Å². The summed E-state index contributed by atoms with van der Waals surface area (Å²) in [5, 5.41) is 3.31. The first-order valence-corrected chi connectivity index (χ1v) is 7.49. The zero-order valence-electron chi connectivity index (χ0n) is 11.9. The number of amides is 1. The van der Waals surface area contributed by atoms with Gasteiger partial charge in [-0.05, 0) is 39.2 Å². The van der Waals surface area contributed by atoms with Gasteiger partial charge in [-0.2, -0.15) is 0 Å². The molecule has 0 bridgehead atoms. The number of carbonyl (C=O) groups excluding carboxylic acids is 1. The van der Waals surface area contributed by atoms with E-state index in [9.17, 15) is 4.79 Å². The minimum Gasteiger partial charge on any atom is -0.378 e. The van der Waals surface area contributed by atoms with E-state index < -0.39 is 0 Å². The number of ether oxygens (including phenoxy) is 2. The molecule has 0 spiro atoms. The van der Waals surface area contributed by atoms with E-state index in [2.05, 4.69) is 5.32 Å². The molecule has 0 aromatic rings. The molecule has 2 atom stereocenters. The summed E-state index contributed by atoms with van der Waals surface area (Å²) in [7, 11) is 0. The van der Waals surface area contributed by atoms with Gasteiger partial charge < -0.3 is 19.7 Å². The predicted molar refractivity (Wildman–Crippen MR) is 73.1 cm³/mol. The van der Waals surface area contributed by atoms with Gasteiger partial charge in [0.25, 0.3) is 0 Å².